The summed E-state index contributed by atoms with van der Waals surface area (Å²) >= 11 is 1.85. The van der Waals surface area contributed by atoms with E-state index in [2.05, 4.69) is 162 Å². The van der Waals surface area contributed by atoms with Crippen LogP contribution in [-0.2, 0) is 0 Å². The van der Waals surface area contributed by atoms with E-state index in [1.807, 2.05) is 11.3 Å². The standard InChI is InChI=1S/C40H26N2S/c1-2-9-28-23-32(19-16-26(28)8-1)42-37-14-5-3-12-33(37)34-20-17-29(24-38(34)42)27-10-7-11-30(22-27)41-31-18-21-40-36(25-31)35-13-4-6-15-39(35)43-40/h1-25,41H. The Kier molecular flexibility index (Phi) is 5.40. The zero-order valence-electron chi connectivity index (χ0n) is 23.3. The average Bonchev–Trinajstić information content (AvgIpc) is 3.60. The molecule has 0 aliphatic rings. The number of fused-ring (bicyclic) bond motifs is 7. The normalized spacial score (nSPS) is 11.7. The molecule has 0 unspecified atom stereocenters. The molecule has 0 aliphatic carbocycles. The van der Waals surface area contributed by atoms with Crippen molar-refractivity contribution >= 4 is 75.5 Å². The van der Waals surface area contributed by atoms with Crippen LogP contribution in [0.5, 0.6) is 0 Å². The van der Waals surface area contributed by atoms with Crippen molar-refractivity contribution in [3.8, 4) is 16.8 Å². The van der Waals surface area contributed by atoms with Gasteiger partial charge in [0, 0.05) is 48.0 Å². The SMILES string of the molecule is c1cc(Nc2ccc3sc4ccccc4c3c2)cc(-c2ccc3c4ccccc4n(-c4ccc5ccccc5c4)c3c2)c1. The summed E-state index contributed by atoms with van der Waals surface area (Å²) in [6.07, 6.45) is 0. The Bertz CT molecular complexity index is 2500. The number of anilines is 2. The quantitative estimate of drug-likeness (QED) is 0.224. The van der Waals surface area contributed by atoms with Gasteiger partial charge in [-0.2, -0.15) is 0 Å². The van der Waals surface area contributed by atoms with Gasteiger partial charge in [-0.3, -0.25) is 0 Å². The molecule has 2 heterocycles. The van der Waals surface area contributed by atoms with Gasteiger partial charge >= 0.3 is 0 Å². The van der Waals surface area contributed by atoms with Crippen LogP contribution in [0.15, 0.2) is 152 Å². The molecule has 0 aliphatic heterocycles. The Morgan fingerprint density at radius 1 is 0.419 bits per heavy atom. The van der Waals surface area contributed by atoms with Gasteiger partial charge in [-0.05, 0) is 82.6 Å². The molecule has 0 spiro atoms. The molecule has 2 aromatic heterocycles. The van der Waals surface area contributed by atoms with Gasteiger partial charge in [0.15, 0.2) is 0 Å². The fraction of sp³-hybridized carbons (Fsp3) is 0. The summed E-state index contributed by atoms with van der Waals surface area (Å²) in [6.45, 7) is 0. The highest BCUT2D eigenvalue weighted by molar-refractivity contribution is 7.25. The van der Waals surface area contributed by atoms with Crippen LogP contribution in [0.25, 0.3) is 69.6 Å². The van der Waals surface area contributed by atoms with E-state index in [1.54, 1.807) is 0 Å². The molecule has 0 radical (unpaired) electrons. The summed E-state index contributed by atoms with van der Waals surface area (Å²) in [5, 5.41) is 11.3. The minimum absolute atomic E-state index is 1.08. The predicted octanol–water partition coefficient (Wildman–Crippen LogP) is 11.7. The monoisotopic (exact) mass is 566 g/mol. The second-order valence-corrected chi connectivity index (χ2v) is 12.2. The maximum atomic E-state index is 3.67. The highest BCUT2D eigenvalue weighted by atomic mass is 32.1. The first-order chi connectivity index (χ1) is 21.3. The molecular formula is C40H26N2S. The van der Waals surface area contributed by atoms with Crippen molar-refractivity contribution in [2.75, 3.05) is 5.32 Å². The molecule has 0 saturated heterocycles. The Balaban J connectivity index is 1.14. The number of nitrogens with one attached hydrogen (secondary N) is 1. The zero-order chi connectivity index (χ0) is 28.3. The van der Waals surface area contributed by atoms with Gasteiger partial charge in [0.1, 0.15) is 0 Å². The number of nitrogens with zero attached hydrogens (tertiary/aromatic N) is 1. The molecular weight excluding hydrogens is 541 g/mol. The van der Waals surface area contributed by atoms with Gasteiger partial charge in [0.2, 0.25) is 0 Å². The lowest BCUT2D eigenvalue weighted by Gasteiger charge is -2.11. The van der Waals surface area contributed by atoms with Crippen molar-refractivity contribution < 1.29 is 0 Å². The van der Waals surface area contributed by atoms with Gasteiger partial charge in [-0.15, -0.1) is 11.3 Å². The molecule has 2 nitrogen and oxygen atoms in total. The van der Waals surface area contributed by atoms with Crippen molar-refractivity contribution in [1.82, 2.24) is 4.57 Å². The van der Waals surface area contributed by atoms with Crippen molar-refractivity contribution in [3.05, 3.63) is 152 Å². The highest BCUT2D eigenvalue weighted by Crippen LogP contribution is 2.38. The first-order valence-electron chi connectivity index (χ1n) is 14.6. The van der Waals surface area contributed by atoms with Crippen molar-refractivity contribution in [3.63, 3.8) is 0 Å². The van der Waals surface area contributed by atoms with E-state index >= 15 is 0 Å². The first kappa shape index (κ1) is 24.2. The van der Waals surface area contributed by atoms with Crippen LogP contribution in [0.4, 0.5) is 11.4 Å². The van der Waals surface area contributed by atoms with E-state index < -0.39 is 0 Å². The summed E-state index contributed by atoms with van der Waals surface area (Å²) in [7, 11) is 0. The van der Waals surface area contributed by atoms with Gasteiger partial charge in [0.05, 0.1) is 11.0 Å². The lowest BCUT2D eigenvalue weighted by atomic mass is 10.0. The summed E-state index contributed by atoms with van der Waals surface area (Å²) in [5.74, 6) is 0. The fourth-order valence-corrected chi connectivity index (χ4v) is 7.58. The minimum atomic E-state index is 1.08. The van der Waals surface area contributed by atoms with Crippen LogP contribution >= 0.6 is 11.3 Å². The number of hydrogen-bond donors (Lipinski definition) is 1. The van der Waals surface area contributed by atoms with E-state index in [1.165, 1.54) is 69.6 Å². The molecule has 1 N–H and O–H groups in total. The second kappa shape index (κ2) is 9.59. The Hall–Kier alpha value is -5.38. The van der Waals surface area contributed by atoms with Crippen LogP contribution < -0.4 is 5.32 Å². The molecule has 43 heavy (non-hydrogen) atoms. The molecule has 7 aromatic carbocycles. The molecule has 0 atom stereocenters. The summed E-state index contributed by atoms with van der Waals surface area (Å²) in [4.78, 5) is 0. The van der Waals surface area contributed by atoms with Crippen molar-refractivity contribution in [1.29, 1.82) is 0 Å². The summed E-state index contributed by atoms with van der Waals surface area (Å²) in [5.41, 5.74) is 8.16. The van der Waals surface area contributed by atoms with E-state index in [4.69, 9.17) is 0 Å². The maximum Gasteiger partial charge on any atom is 0.0547 e. The molecule has 0 amide bonds. The number of benzene rings is 7. The van der Waals surface area contributed by atoms with E-state index in [9.17, 15) is 0 Å². The number of thiophene rings is 1. The predicted molar refractivity (Wildman–Crippen MR) is 186 cm³/mol. The van der Waals surface area contributed by atoms with Gasteiger partial charge in [-0.25, -0.2) is 0 Å². The molecule has 0 fully saturated rings. The lowest BCUT2D eigenvalue weighted by Crippen LogP contribution is -1.94. The zero-order valence-corrected chi connectivity index (χ0v) is 24.1. The molecule has 9 aromatic rings. The number of aromatic nitrogens is 1. The maximum absolute atomic E-state index is 3.67. The molecule has 3 heteroatoms. The van der Waals surface area contributed by atoms with E-state index in [0.717, 1.165) is 11.4 Å². The Morgan fingerprint density at radius 3 is 2.12 bits per heavy atom. The van der Waals surface area contributed by atoms with E-state index in [-0.39, 0.29) is 0 Å². The Labute approximate surface area is 253 Å². The van der Waals surface area contributed by atoms with Gasteiger partial charge < -0.3 is 9.88 Å². The highest BCUT2D eigenvalue weighted by Gasteiger charge is 2.14. The van der Waals surface area contributed by atoms with Gasteiger partial charge in [0.25, 0.3) is 0 Å². The third-order valence-corrected chi connectivity index (χ3v) is 9.68. The second-order valence-electron chi connectivity index (χ2n) is 11.1. The molecule has 202 valence electrons. The van der Waals surface area contributed by atoms with E-state index in [0.29, 0.717) is 0 Å². The lowest BCUT2D eigenvalue weighted by molar-refractivity contribution is 1.19. The van der Waals surface area contributed by atoms with Crippen LogP contribution in [-0.4, -0.2) is 4.57 Å². The largest absolute Gasteiger partial charge is 0.355 e. The number of para-hydroxylation sites is 1. The van der Waals surface area contributed by atoms with Crippen LogP contribution in [0.3, 0.4) is 0 Å². The summed E-state index contributed by atoms with van der Waals surface area (Å²) < 4.78 is 5.05. The molecule has 0 bridgehead atoms. The Morgan fingerprint density at radius 2 is 1.16 bits per heavy atom. The third kappa shape index (κ3) is 4.01. The van der Waals surface area contributed by atoms with Crippen LogP contribution in [0.1, 0.15) is 0 Å². The molecule has 0 saturated carbocycles. The fourth-order valence-electron chi connectivity index (χ4n) is 6.49. The van der Waals surface area contributed by atoms with Crippen molar-refractivity contribution in [2.24, 2.45) is 0 Å². The summed E-state index contributed by atoms with van der Waals surface area (Å²) in [6, 6.07) is 55.0. The van der Waals surface area contributed by atoms with Gasteiger partial charge in [-0.1, -0.05) is 91.0 Å². The number of rotatable bonds is 4. The third-order valence-electron chi connectivity index (χ3n) is 8.53. The minimum Gasteiger partial charge on any atom is -0.355 e. The van der Waals surface area contributed by atoms with Crippen LogP contribution in [0, 0.1) is 0 Å². The smallest absolute Gasteiger partial charge is 0.0547 e. The topological polar surface area (TPSA) is 17.0 Å². The van der Waals surface area contributed by atoms with Crippen LogP contribution in [0.2, 0.25) is 0 Å². The van der Waals surface area contributed by atoms with Crippen molar-refractivity contribution in [2.45, 2.75) is 0 Å². The number of hydrogen-bond acceptors (Lipinski definition) is 2. The average molecular weight is 567 g/mol. The molecule has 9 rings (SSSR count). The first-order valence-corrected chi connectivity index (χ1v) is 15.4.